The van der Waals surface area contributed by atoms with E-state index in [0.717, 1.165) is 6.54 Å². The standard InChI is InChI=1S/C12H23NO2.BrH/c1-6-8-12(3,4)13(5)9-10-15-11(14)7-2;/h7H,2,6,8-10H2,1,3-5H3;1H. The number of nitrogens with one attached hydrogen (secondary N) is 1. The highest BCUT2D eigenvalue weighted by Crippen LogP contribution is 2.05. The van der Waals surface area contributed by atoms with Crippen molar-refractivity contribution >= 4 is 5.97 Å². The number of quaternary nitrogens is 1. The first-order valence-corrected chi connectivity index (χ1v) is 5.56. The zero-order valence-corrected chi connectivity index (χ0v) is 12.4. The van der Waals surface area contributed by atoms with Gasteiger partial charge in [-0.2, -0.15) is 0 Å². The molecule has 4 heteroatoms. The van der Waals surface area contributed by atoms with Crippen LogP contribution in [-0.2, 0) is 9.53 Å². The lowest BCUT2D eigenvalue weighted by molar-refractivity contribution is -0.930. The lowest BCUT2D eigenvalue weighted by Gasteiger charge is -2.32. The average Bonchev–Trinajstić information content (AvgIpc) is 2.17. The second kappa shape index (κ2) is 8.76. The van der Waals surface area contributed by atoms with Crippen LogP contribution in [0.3, 0.4) is 0 Å². The van der Waals surface area contributed by atoms with E-state index in [4.69, 9.17) is 4.74 Å². The molecule has 0 aromatic carbocycles. The van der Waals surface area contributed by atoms with E-state index in [0.29, 0.717) is 6.61 Å². The summed E-state index contributed by atoms with van der Waals surface area (Å²) < 4.78 is 4.96. The van der Waals surface area contributed by atoms with Crippen molar-refractivity contribution in [3.63, 3.8) is 0 Å². The summed E-state index contributed by atoms with van der Waals surface area (Å²) in [6, 6.07) is 0. The SMILES string of the molecule is C=CC(=O)OCC[NH+](C)C(C)(C)CCC.[Br-]. The van der Waals surface area contributed by atoms with Crippen LogP contribution in [0.2, 0.25) is 0 Å². The quantitative estimate of drug-likeness (QED) is 0.427. The Kier molecular flexibility index (Phi) is 9.87. The number of carbonyl (C=O) groups excluding carboxylic acids is 1. The van der Waals surface area contributed by atoms with E-state index in [1.807, 2.05) is 0 Å². The third-order valence-corrected chi connectivity index (χ3v) is 2.92. The van der Waals surface area contributed by atoms with Crippen molar-refractivity contribution in [1.82, 2.24) is 0 Å². The maximum absolute atomic E-state index is 10.8. The third kappa shape index (κ3) is 7.01. The van der Waals surface area contributed by atoms with Gasteiger partial charge in [-0.1, -0.05) is 19.9 Å². The van der Waals surface area contributed by atoms with E-state index in [9.17, 15) is 4.79 Å². The van der Waals surface area contributed by atoms with Crippen LogP contribution in [0.25, 0.3) is 0 Å². The van der Waals surface area contributed by atoms with Crippen LogP contribution < -0.4 is 21.9 Å². The minimum atomic E-state index is -0.337. The molecule has 0 spiro atoms. The van der Waals surface area contributed by atoms with Crippen molar-refractivity contribution in [3.8, 4) is 0 Å². The highest BCUT2D eigenvalue weighted by molar-refractivity contribution is 5.81. The summed E-state index contributed by atoms with van der Waals surface area (Å²) in [5.41, 5.74) is 0.245. The molecular formula is C12H24BrNO2. The van der Waals surface area contributed by atoms with Crippen molar-refractivity contribution in [2.75, 3.05) is 20.2 Å². The van der Waals surface area contributed by atoms with Gasteiger partial charge in [0.1, 0.15) is 13.2 Å². The number of halogens is 1. The molecule has 1 unspecified atom stereocenters. The number of hydrogen-bond donors (Lipinski definition) is 1. The zero-order valence-electron chi connectivity index (χ0n) is 10.8. The molecule has 0 saturated carbocycles. The average molecular weight is 294 g/mol. The summed E-state index contributed by atoms with van der Waals surface area (Å²) >= 11 is 0. The molecule has 0 aliphatic rings. The number of likely N-dealkylation sites (N-methyl/N-ethyl adjacent to an activating group) is 1. The Hall–Kier alpha value is -0.350. The lowest BCUT2D eigenvalue weighted by Crippen LogP contribution is -3.17. The molecule has 0 amide bonds. The number of ether oxygens (including phenoxy) is 1. The van der Waals surface area contributed by atoms with Crippen LogP contribution >= 0.6 is 0 Å². The molecule has 0 rings (SSSR count). The normalized spacial score (nSPS) is 12.5. The maximum Gasteiger partial charge on any atom is 0.330 e. The summed E-state index contributed by atoms with van der Waals surface area (Å²) in [5.74, 6) is -0.337. The minimum Gasteiger partial charge on any atom is -1.00 e. The Labute approximate surface area is 110 Å². The van der Waals surface area contributed by atoms with Crippen molar-refractivity contribution < 1.29 is 31.4 Å². The van der Waals surface area contributed by atoms with Gasteiger partial charge in [-0.05, 0) is 13.8 Å². The van der Waals surface area contributed by atoms with Gasteiger partial charge in [-0.25, -0.2) is 4.79 Å². The maximum atomic E-state index is 10.8. The molecule has 0 aliphatic carbocycles. The summed E-state index contributed by atoms with van der Waals surface area (Å²) in [4.78, 5) is 12.2. The van der Waals surface area contributed by atoms with Crippen molar-refractivity contribution in [3.05, 3.63) is 12.7 Å². The Morgan fingerprint density at radius 3 is 2.50 bits per heavy atom. The first-order chi connectivity index (χ1) is 6.94. The topological polar surface area (TPSA) is 30.7 Å². The lowest BCUT2D eigenvalue weighted by atomic mass is 9.97. The molecule has 96 valence electrons. The van der Waals surface area contributed by atoms with Gasteiger partial charge in [-0.15, -0.1) is 0 Å². The molecular weight excluding hydrogens is 270 g/mol. The Bertz CT molecular complexity index is 217. The Balaban J connectivity index is 0. The summed E-state index contributed by atoms with van der Waals surface area (Å²) in [7, 11) is 2.14. The molecule has 0 heterocycles. The van der Waals surface area contributed by atoms with Gasteiger partial charge in [0.15, 0.2) is 0 Å². The van der Waals surface area contributed by atoms with E-state index < -0.39 is 0 Å². The van der Waals surface area contributed by atoms with Gasteiger partial charge in [0.05, 0.1) is 12.6 Å². The third-order valence-electron chi connectivity index (χ3n) is 2.92. The molecule has 1 atom stereocenters. The van der Waals surface area contributed by atoms with E-state index in [-0.39, 0.29) is 28.5 Å². The second-order valence-corrected chi connectivity index (χ2v) is 4.54. The summed E-state index contributed by atoms with van der Waals surface area (Å²) in [6.45, 7) is 11.3. The molecule has 0 fully saturated rings. The van der Waals surface area contributed by atoms with Crippen molar-refractivity contribution in [1.29, 1.82) is 0 Å². The van der Waals surface area contributed by atoms with E-state index in [2.05, 4.69) is 34.4 Å². The van der Waals surface area contributed by atoms with Crippen LogP contribution in [0, 0.1) is 0 Å². The number of esters is 1. The van der Waals surface area contributed by atoms with Gasteiger partial charge < -0.3 is 26.6 Å². The predicted molar refractivity (Wildman–Crippen MR) is 61.9 cm³/mol. The monoisotopic (exact) mass is 293 g/mol. The molecule has 0 bridgehead atoms. The molecule has 1 N–H and O–H groups in total. The van der Waals surface area contributed by atoms with Crippen molar-refractivity contribution in [2.45, 2.75) is 39.2 Å². The molecule has 0 aromatic rings. The molecule has 3 nitrogen and oxygen atoms in total. The van der Waals surface area contributed by atoms with E-state index in [1.165, 1.54) is 23.8 Å². The predicted octanol–water partition coefficient (Wildman–Crippen LogP) is -2.19. The molecule has 0 radical (unpaired) electrons. The van der Waals surface area contributed by atoms with Gasteiger partial charge in [0, 0.05) is 12.5 Å². The first-order valence-electron chi connectivity index (χ1n) is 5.56. The van der Waals surface area contributed by atoms with Crippen molar-refractivity contribution in [2.24, 2.45) is 0 Å². The Morgan fingerprint density at radius 2 is 2.06 bits per heavy atom. The zero-order chi connectivity index (χ0) is 11.9. The fraction of sp³-hybridized carbons (Fsp3) is 0.750. The molecule has 0 aromatic heterocycles. The van der Waals surface area contributed by atoms with Gasteiger partial charge in [0.25, 0.3) is 0 Å². The largest absolute Gasteiger partial charge is 1.00 e. The van der Waals surface area contributed by atoms with Crippen LogP contribution in [-0.4, -0.2) is 31.7 Å². The number of hydrogen-bond acceptors (Lipinski definition) is 2. The number of rotatable bonds is 7. The van der Waals surface area contributed by atoms with Crippen LogP contribution in [0.4, 0.5) is 0 Å². The summed E-state index contributed by atoms with van der Waals surface area (Å²) in [6.07, 6.45) is 3.55. The van der Waals surface area contributed by atoms with Crippen LogP contribution in [0.1, 0.15) is 33.6 Å². The van der Waals surface area contributed by atoms with Gasteiger partial charge >= 0.3 is 5.97 Å². The minimum absolute atomic E-state index is 0. The highest BCUT2D eigenvalue weighted by atomic mass is 79.9. The fourth-order valence-corrected chi connectivity index (χ4v) is 1.54. The fourth-order valence-electron chi connectivity index (χ4n) is 1.54. The van der Waals surface area contributed by atoms with E-state index >= 15 is 0 Å². The number of carbonyl (C=O) groups is 1. The van der Waals surface area contributed by atoms with Gasteiger partial charge in [-0.3, -0.25) is 0 Å². The van der Waals surface area contributed by atoms with Crippen LogP contribution in [0.15, 0.2) is 12.7 Å². The smallest absolute Gasteiger partial charge is 0.330 e. The second-order valence-electron chi connectivity index (χ2n) is 4.54. The Morgan fingerprint density at radius 1 is 1.50 bits per heavy atom. The van der Waals surface area contributed by atoms with E-state index in [1.54, 1.807) is 0 Å². The highest BCUT2D eigenvalue weighted by Gasteiger charge is 2.25. The van der Waals surface area contributed by atoms with Gasteiger partial charge in [0.2, 0.25) is 0 Å². The summed E-state index contributed by atoms with van der Waals surface area (Å²) in [5, 5.41) is 0. The first kappa shape index (κ1) is 18.0. The van der Waals surface area contributed by atoms with Crippen LogP contribution in [0.5, 0.6) is 0 Å². The molecule has 0 aliphatic heterocycles. The molecule has 16 heavy (non-hydrogen) atoms. The molecule has 0 saturated heterocycles.